The number of ether oxygens (including phenoxy) is 1. The predicted molar refractivity (Wildman–Crippen MR) is 117 cm³/mol. The number of aromatic nitrogens is 4. The van der Waals surface area contributed by atoms with Crippen LogP contribution in [-0.4, -0.2) is 52.1 Å². The van der Waals surface area contributed by atoms with Crippen LogP contribution in [0.3, 0.4) is 0 Å². The van der Waals surface area contributed by atoms with Gasteiger partial charge in [-0.15, -0.1) is 5.10 Å². The maximum Gasteiger partial charge on any atom is 0.256 e. The average molecular weight is 399 g/mol. The molecule has 1 aliphatic heterocycles. The Hall–Kier alpha value is -3.78. The normalized spacial score (nSPS) is 14.5. The number of rotatable bonds is 5. The molecule has 3 heterocycles. The van der Waals surface area contributed by atoms with Crippen molar-refractivity contribution in [2.24, 2.45) is 5.10 Å². The van der Waals surface area contributed by atoms with E-state index in [2.05, 4.69) is 25.4 Å². The SMILES string of the molecule is C(=NNc1cc(N2CCOCC2)n2nc(-c3ccccc3)nc2n1)c1ccccc1. The Balaban J connectivity index is 1.52. The minimum Gasteiger partial charge on any atom is -0.378 e. The molecule has 2 aromatic heterocycles. The van der Waals surface area contributed by atoms with Crippen LogP contribution < -0.4 is 10.3 Å². The molecule has 0 bridgehead atoms. The fourth-order valence-electron chi connectivity index (χ4n) is 3.35. The van der Waals surface area contributed by atoms with Gasteiger partial charge in [0.05, 0.1) is 19.4 Å². The fourth-order valence-corrected chi connectivity index (χ4v) is 3.35. The van der Waals surface area contributed by atoms with Gasteiger partial charge in [-0.25, -0.2) is 0 Å². The molecule has 0 radical (unpaired) electrons. The summed E-state index contributed by atoms with van der Waals surface area (Å²) in [6.07, 6.45) is 1.76. The van der Waals surface area contributed by atoms with Gasteiger partial charge in [-0.3, -0.25) is 5.43 Å². The molecule has 0 unspecified atom stereocenters. The zero-order chi connectivity index (χ0) is 20.2. The van der Waals surface area contributed by atoms with E-state index < -0.39 is 0 Å². The molecule has 5 rings (SSSR count). The summed E-state index contributed by atoms with van der Waals surface area (Å²) < 4.78 is 7.30. The molecule has 8 nitrogen and oxygen atoms in total. The van der Waals surface area contributed by atoms with Crippen LogP contribution in [-0.2, 0) is 4.74 Å². The van der Waals surface area contributed by atoms with Crippen LogP contribution in [0.25, 0.3) is 17.2 Å². The van der Waals surface area contributed by atoms with Crippen molar-refractivity contribution in [2.75, 3.05) is 36.6 Å². The zero-order valence-corrected chi connectivity index (χ0v) is 16.3. The lowest BCUT2D eigenvalue weighted by Crippen LogP contribution is -2.37. The van der Waals surface area contributed by atoms with E-state index in [1.165, 1.54) is 0 Å². The summed E-state index contributed by atoms with van der Waals surface area (Å²) in [5.74, 6) is 2.69. The maximum atomic E-state index is 5.51. The lowest BCUT2D eigenvalue weighted by atomic mass is 10.2. The van der Waals surface area contributed by atoms with Crippen LogP contribution in [0.15, 0.2) is 71.8 Å². The van der Waals surface area contributed by atoms with Crippen molar-refractivity contribution in [3.63, 3.8) is 0 Å². The van der Waals surface area contributed by atoms with E-state index in [0.29, 0.717) is 30.6 Å². The second kappa shape index (κ2) is 8.30. The van der Waals surface area contributed by atoms with Crippen molar-refractivity contribution in [3.05, 3.63) is 72.3 Å². The number of fused-ring (bicyclic) bond motifs is 1. The molecule has 1 saturated heterocycles. The highest BCUT2D eigenvalue weighted by Gasteiger charge is 2.19. The quantitative estimate of drug-likeness (QED) is 0.410. The summed E-state index contributed by atoms with van der Waals surface area (Å²) in [7, 11) is 0. The summed E-state index contributed by atoms with van der Waals surface area (Å²) >= 11 is 0. The minimum absolute atomic E-state index is 0.523. The number of hydrazone groups is 1. The predicted octanol–water partition coefficient (Wildman–Crippen LogP) is 3.07. The van der Waals surface area contributed by atoms with Crippen molar-refractivity contribution >= 4 is 23.6 Å². The van der Waals surface area contributed by atoms with Crippen molar-refractivity contribution < 1.29 is 4.74 Å². The van der Waals surface area contributed by atoms with Gasteiger partial charge in [0.15, 0.2) is 11.6 Å². The van der Waals surface area contributed by atoms with E-state index >= 15 is 0 Å². The molecular formula is C22H21N7O. The third kappa shape index (κ3) is 3.85. The molecule has 1 aliphatic rings. The van der Waals surface area contributed by atoms with E-state index in [1.807, 2.05) is 66.7 Å². The van der Waals surface area contributed by atoms with Crippen LogP contribution in [0.2, 0.25) is 0 Å². The molecule has 0 aliphatic carbocycles. The van der Waals surface area contributed by atoms with Crippen molar-refractivity contribution in [2.45, 2.75) is 0 Å². The number of nitrogens with one attached hydrogen (secondary N) is 1. The molecule has 8 heteroatoms. The van der Waals surface area contributed by atoms with Gasteiger partial charge in [0.2, 0.25) is 0 Å². The monoisotopic (exact) mass is 399 g/mol. The summed E-state index contributed by atoms with van der Waals surface area (Å²) in [5, 5.41) is 9.05. The Bertz CT molecular complexity index is 1150. The topological polar surface area (TPSA) is 79.9 Å². The van der Waals surface area contributed by atoms with Gasteiger partial charge in [0.1, 0.15) is 5.82 Å². The molecule has 0 atom stereocenters. The van der Waals surface area contributed by atoms with Crippen LogP contribution in [0, 0.1) is 0 Å². The number of benzene rings is 2. The molecule has 2 aromatic carbocycles. The van der Waals surface area contributed by atoms with Crippen LogP contribution in [0.5, 0.6) is 0 Å². The second-order valence-electron chi connectivity index (χ2n) is 6.89. The smallest absolute Gasteiger partial charge is 0.256 e. The molecule has 4 aromatic rings. The van der Waals surface area contributed by atoms with Gasteiger partial charge in [-0.05, 0) is 5.56 Å². The first-order valence-electron chi connectivity index (χ1n) is 9.87. The molecule has 150 valence electrons. The molecule has 30 heavy (non-hydrogen) atoms. The molecule has 0 saturated carbocycles. The van der Waals surface area contributed by atoms with Crippen molar-refractivity contribution in [1.29, 1.82) is 0 Å². The van der Waals surface area contributed by atoms with Crippen LogP contribution >= 0.6 is 0 Å². The Morgan fingerprint density at radius 1 is 0.933 bits per heavy atom. The van der Waals surface area contributed by atoms with E-state index in [4.69, 9.17) is 9.84 Å². The van der Waals surface area contributed by atoms with Gasteiger partial charge >= 0.3 is 0 Å². The van der Waals surface area contributed by atoms with Crippen molar-refractivity contribution in [1.82, 2.24) is 19.6 Å². The van der Waals surface area contributed by atoms with E-state index in [-0.39, 0.29) is 0 Å². The molecule has 0 spiro atoms. The Morgan fingerprint density at radius 2 is 1.67 bits per heavy atom. The molecule has 1 fully saturated rings. The third-order valence-electron chi connectivity index (χ3n) is 4.85. The first kappa shape index (κ1) is 18.3. The molecule has 0 amide bonds. The van der Waals surface area contributed by atoms with Gasteiger partial charge < -0.3 is 9.64 Å². The summed E-state index contributed by atoms with van der Waals surface area (Å²) in [5.41, 5.74) is 4.99. The molecular weight excluding hydrogens is 378 g/mol. The van der Waals surface area contributed by atoms with Gasteiger partial charge in [0.25, 0.3) is 5.78 Å². The number of morpholine rings is 1. The Morgan fingerprint density at radius 3 is 2.43 bits per heavy atom. The summed E-state index contributed by atoms with van der Waals surface area (Å²) in [4.78, 5) is 11.5. The lowest BCUT2D eigenvalue weighted by Gasteiger charge is -2.28. The zero-order valence-electron chi connectivity index (χ0n) is 16.3. The van der Waals surface area contributed by atoms with E-state index in [9.17, 15) is 0 Å². The fraction of sp³-hybridized carbons (Fsp3) is 0.182. The third-order valence-corrected chi connectivity index (χ3v) is 4.85. The van der Waals surface area contributed by atoms with Crippen molar-refractivity contribution in [3.8, 4) is 11.4 Å². The van der Waals surface area contributed by atoms with Gasteiger partial charge in [0, 0.05) is 24.7 Å². The van der Waals surface area contributed by atoms with E-state index in [0.717, 1.165) is 30.0 Å². The molecule has 1 N–H and O–H groups in total. The number of nitrogens with zero attached hydrogens (tertiary/aromatic N) is 6. The highest BCUT2D eigenvalue weighted by atomic mass is 16.5. The minimum atomic E-state index is 0.523. The van der Waals surface area contributed by atoms with Crippen LogP contribution in [0.1, 0.15) is 5.56 Å². The van der Waals surface area contributed by atoms with Gasteiger partial charge in [-0.1, -0.05) is 60.7 Å². The lowest BCUT2D eigenvalue weighted by molar-refractivity contribution is 0.122. The second-order valence-corrected chi connectivity index (χ2v) is 6.89. The maximum absolute atomic E-state index is 5.51. The van der Waals surface area contributed by atoms with Gasteiger partial charge in [-0.2, -0.15) is 19.6 Å². The first-order valence-corrected chi connectivity index (χ1v) is 9.87. The van der Waals surface area contributed by atoms with E-state index in [1.54, 1.807) is 10.7 Å². The standard InChI is InChI=1S/C22H21N7O/c1-3-7-17(8-4-1)16-23-26-19-15-20(28-11-13-30-14-12-28)29-22(24-19)25-21(27-29)18-9-5-2-6-10-18/h1-10,15-16H,11-14H2,(H,24,25,26,27). The Labute approximate surface area is 173 Å². The van der Waals surface area contributed by atoms with Crippen LogP contribution in [0.4, 0.5) is 11.6 Å². The summed E-state index contributed by atoms with van der Waals surface area (Å²) in [6, 6.07) is 21.8. The average Bonchev–Trinajstić information content (AvgIpc) is 3.25. The Kier molecular flexibility index (Phi) is 5.05. The number of hydrogen-bond donors (Lipinski definition) is 1. The highest BCUT2D eigenvalue weighted by Crippen LogP contribution is 2.23. The summed E-state index contributed by atoms with van der Waals surface area (Å²) in [6.45, 7) is 2.93. The number of hydrogen-bond acceptors (Lipinski definition) is 7. The number of anilines is 2. The first-order chi connectivity index (χ1) is 14.9. The largest absolute Gasteiger partial charge is 0.378 e. The highest BCUT2D eigenvalue weighted by molar-refractivity contribution is 5.80.